The van der Waals surface area contributed by atoms with Crippen molar-refractivity contribution in [1.29, 1.82) is 0 Å². The molecule has 6 heteroatoms. The Labute approximate surface area is 101 Å². The van der Waals surface area contributed by atoms with E-state index in [9.17, 15) is 0 Å². The van der Waals surface area contributed by atoms with Crippen LogP contribution in [0.1, 0.15) is 19.3 Å². The van der Waals surface area contributed by atoms with Gasteiger partial charge in [-0.25, -0.2) is 15.8 Å². The Kier molecular flexibility index (Phi) is 4.52. The molecule has 0 radical (unpaired) electrons. The van der Waals surface area contributed by atoms with Crippen LogP contribution < -0.4 is 16.0 Å². The number of likely N-dealkylation sites (tertiary alicyclic amines) is 1. The van der Waals surface area contributed by atoms with Crippen LogP contribution in [0.2, 0.25) is 0 Å². The number of anilines is 1. The Hall–Kier alpha value is -1.40. The molecule has 2 heterocycles. The Morgan fingerprint density at radius 2 is 2.12 bits per heavy atom. The lowest BCUT2D eigenvalue weighted by Crippen LogP contribution is -2.33. The third-order valence-electron chi connectivity index (χ3n) is 2.90. The van der Waals surface area contributed by atoms with Crippen LogP contribution in [0, 0.1) is 0 Å². The third kappa shape index (κ3) is 3.83. The van der Waals surface area contributed by atoms with Crippen molar-refractivity contribution in [2.75, 3.05) is 31.7 Å². The van der Waals surface area contributed by atoms with Gasteiger partial charge in [0.15, 0.2) is 0 Å². The van der Waals surface area contributed by atoms with E-state index in [0.717, 1.165) is 6.54 Å². The molecule has 0 spiro atoms. The molecule has 6 nitrogen and oxygen atoms in total. The standard InChI is InChI=1S/C11H19N5O/c12-15-10-8-11(14-9-13-10)17-7-6-16-4-2-1-3-5-16/h8-9H,1-7,12H2,(H,13,14,15). The van der Waals surface area contributed by atoms with Gasteiger partial charge < -0.3 is 10.2 Å². The summed E-state index contributed by atoms with van der Waals surface area (Å²) < 4.78 is 5.56. The van der Waals surface area contributed by atoms with Crippen LogP contribution in [0.15, 0.2) is 12.4 Å². The molecule has 1 aliphatic heterocycles. The summed E-state index contributed by atoms with van der Waals surface area (Å²) in [6.07, 6.45) is 5.39. The Bertz CT molecular complexity index is 340. The largest absolute Gasteiger partial charge is 0.476 e. The molecule has 0 aliphatic carbocycles. The Balaban J connectivity index is 1.73. The minimum atomic E-state index is 0.560. The van der Waals surface area contributed by atoms with Crippen molar-refractivity contribution in [1.82, 2.24) is 14.9 Å². The van der Waals surface area contributed by atoms with Crippen molar-refractivity contribution in [3.8, 4) is 5.88 Å². The van der Waals surface area contributed by atoms with Gasteiger partial charge in [-0.3, -0.25) is 4.90 Å². The topological polar surface area (TPSA) is 76.3 Å². The van der Waals surface area contributed by atoms with Crippen LogP contribution >= 0.6 is 0 Å². The van der Waals surface area contributed by atoms with Crippen LogP contribution in [-0.2, 0) is 0 Å². The van der Waals surface area contributed by atoms with E-state index >= 15 is 0 Å². The average Bonchev–Trinajstić information content (AvgIpc) is 2.40. The van der Waals surface area contributed by atoms with E-state index < -0.39 is 0 Å². The molecular weight excluding hydrogens is 218 g/mol. The summed E-state index contributed by atoms with van der Waals surface area (Å²) in [5.41, 5.74) is 2.47. The highest BCUT2D eigenvalue weighted by Crippen LogP contribution is 2.11. The summed E-state index contributed by atoms with van der Waals surface area (Å²) >= 11 is 0. The molecule has 2 rings (SSSR count). The highest BCUT2D eigenvalue weighted by atomic mass is 16.5. The number of aromatic nitrogens is 2. The number of hydrazine groups is 1. The fraction of sp³-hybridized carbons (Fsp3) is 0.636. The van der Waals surface area contributed by atoms with Gasteiger partial charge in [-0.1, -0.05) is 6.42 Å². The van der Waals surface area contributed by atoms with Crippen molar-refractivity contribution in [3.05, 3.63) is 12.4 Å². The number of nitrogens with zero attached hydrogens (tertiary/aromatic N) is 3. The summed E-state index contributed by atoms with van der Waals surface area (Å²) in [6, 6.07) is 1.69. The third-order valence-corrected chi connectivity index (χ3v) is 2.90. The van der Waals surface area contributed by atoms with E-state index in [1.165, 1.54) is 38.7 Å². The van der Waals surface area contributed by atoms with Crippen LogP contribution in [0.25, 0.3) is 0 Å². The van der Waals surface area contributed by atoms with Crippen molar-refractivity contribution in [2.45, 2.75) is 19.3 Å². The molecule has 1 aliphatic rings. The molecule has 3 N–H and O–H groups in total. The highest BCUT2D eigenvalue weighted by Gasteiger charge is 2.09. The summed E-state index contributed by atoms with van der Waals surface area (Å²) in [4.78, 5) is 10.4. The molecule has 0 unspecified atom stereocenters. The second-order valence-electron chi connectivity index (χ2n) is 4.14. The first kappa shape index (κ1) is 12.1. The Morgan fingerprint density at radius 1 is 1.29 bits per heavy atom. The first-order chi connectivity index (χ1) is 8.38. The second kappa shape index (κ2) is 6.36. The molecule has 94 valence electrons. The maximum absolute atomic E-state index is 5.56. The number of piperidine rings is 1. The molecule has 1 saturated heterocycles. The fourth-order valence-electron chi connectivity index (χ4n) is 1.96. The van der Waals surface area contributed by atoms with Crippen LogP contribution in [0.5, 0.6) is 5.88 Å². The number of hydrogen-bond donors (Lipinski definition) is 2. The van der Waals surface area contributed by atoms with E-state index in [0.29, 0.717) is 18.3 Å². The predicted molar refractivity (Wildman–Crippen MR) is 65.6 cm³/mol. The zero-order valence-electron chi connectivity index (χ0n) is 9.93. The summed E-state index contributed by atoms with van der Waals surface area (Å²) in [6.45, 7) is 3.97. The molecule has 0 amide bonds. The summed E-state index contributed by atoms with van der Waals surface area (Å²) in [7, 11) is 0. The molecule has 1 fully saturated rings. The van der Waals surface area contributed by atoms with E-state index in [2.05, 4.69) is 20.3 Å². The molecule has 1 aromatic rings. The fourth-order valence-corrected chi connectivity index (χ4v) is 1.96. The van der Waals surface area contributed by atoms with Gasteiger partial charge in [-0.15, -0.1) is 0 Å². The monoisotopic (exact) mass is 237 g/mol. The lowest BCUT2D eigenvalue weighted by molar-refractivity contribution is 0.180. The molecular formula is C11H19N5O. The van der Waals surface area contributed by atoms with Crippen molar-refractivity contribution in [3.63, 3.8) is 0 Å². The number of nitrogens with one attached hydrogen (secondary N) is 1. The van der Waals surface area contributed by atoms with Gasteiger partial charge in [0.05, 0.1) is 0 Å². The molecule has 1 aromatic heterocycles. The first-order valence-electron chi connectivity index (χ1n) is 6.02. The van der Waals surface area contributed by atoms with Gasteiger partial charge in [0.25, 0.3) is 0 Å². The van der Waals surface area contributed by atoms with Crippen LogP contribution in [0.3, 0.4) is 0 Å². The quantitative estimate of drug-likeness (QED) is 0.578. The zero-order valence-corrected chi connectivity index (χ0v) is 9.93. The zero-order chi connectivity index (χ0) is 11.9. The second-order valence-corrected chi connectivity index (χ2v) is 4.14. The molecule has 0 bridgehead atoms. The maximum Gasteiger partial charge on any atom is 0.218 e. The first-order valence-corrected chi connectivity index (χ1v) is 6.02. The predicted octanol–water partition coefficient (Wildman–Crippen LogP) is 0.627. The summed E-state index contributed by atoms with van der Waals surface area (Å²) in [5, 5.41) is 0. The van der Waals surface area contributed by atoms with Crippen molar-refractivity contribution in [2.24, 2.45) is 5.84 Å². The number of ether oxygens (including phenoxy) is 1. The minimum absolute atomic E-state index is 0.560. The van der Waals surface area contributed by atoms with E-state index in [4.69, 9.17) is 10.6 Å². The van der Waals surface area contributed by atoms with Gasteiger partial charge in [0, 0.05) is 12.6 Å². The molecule has 0 atom stereocenters. The molecule has 17 heavy (non-hydrogen) atoms. The van der Waals surface area contributed by atoms with Gasteiger partial charge in [0.1, 0.15) is 18.8 Å². The Morgan fingerprint density at radius 3 is 2.88 bits per heavy atom. The van der Waals surface area contributed by atoms with Gasteiger partial charge >= 0.3 is 0 Å². The van der Waals surface area contributed by atoms with E-state index in [1.54, 1.807) is 6.07 Å². The van der Waals surface area contributed by atoms with Gasteiger partial charge in [-0.2, -0.15) is 0 Å². The van der Waals surface area contributed by atoms with Crippen LogP contribution in [0.4, 0.5) is 5.82 Å². The number of nitrogen functional groups attached to an aromatic ring is 1. The number of nitrogens with two attached hydrogens (primary N) is 1. The SMILES string of the molecule is NNc1cc(OCCN2CCCCC2)ncn1. The maximum atomic E-state index is 5.56. The average molecular weight is 237 g/mol. The smallest absolute Gasteiger partial charge is 0.218 e. The number of hydrogen-bond acceptors (Lipinski definition) is 6. The summed E-state index contributed by atoms with van der Waals surface area (Å²) in [5.74, 6) is 6.38. The van der Waals surface area contributed by atoms with E-state index in [-0.39, 0.29) is 0 Å². The molecule has 0 aromatic carbocycles. The molecule has 0 saturated carbocycles. The minimum Gasteiger partial charge on any atom is -0.476 e. The number of rotatable bonds is 5. The highest BCUT2D eigenvalue weighted by molar-refractivity contribution is 5.35. The van der Waals surface area contributed by atoms with Crippen LogP contribution in [-0.4, -0.2) is 41.1 Å². The van der Waals surface area contributed by atoms with Gasteiger partial charge in [0.2, 0.25) is 5.88 Å². The van der Waals surface area contributed by atoms with Crippen molar-refractivity contribution < 1.29 is 4.74 Å². The normalized spacial score (nSPS) is 16.8. The van der Waals surface area contributed by atoms with Gasteiger partial charge in [-0.05, 0) is 25.9 Å². The lowest BCUT2D eigenvalue weighted by Gasteiger charge is -2.25. The lowest BCUT2D eigenvalue weighted by atomic mass is 10.1. The van der Waals surface area contributed by atoms with Crippen molar-refractivity contribution >= 4 is 5.82 Å². The van der Waals surface area contributed by atoms with E-state index in [1.807, 2.05) is 0 Å².